The maximum atomic E-state index is 6.08. The second-order valence-electron chi connectivity index (χ2n) is 12.2. The summed E-state index contributed by atoms with van der Waals surface area (Å²) in [6.07, 6.45) is 5.92. The highest BCUT2D eigenvalue weighted by atomic mass is 16.5. The number of rotatable bonds is 12. The minimum absolute atomic E-state index is 0.0449. The van der Waals surface area contributed by atoms with E-state index in [0.717, 1.165) is 32.0 Å². The molecule has 1 aliphatic rings. The van der Waals surface area contributed by atoms with Gasteiger partial charge in [0.2, 0.25) is 0 Å². The van der Waals surface area contributed by atoms with Gasteiger partial charge in [0, 0.05) is 25.0 Å². The maximum absolute atomic E-state index is 6.08. The summed E-state index contributed by atoms with van der Waals surface area (Å²) in [5, 5.41) is 0. The van der Waals surface area contributed by atoms with Crippen LogP contribution in [0.3, 0.4) is 0 Å². The molecule has 3 unspecified atom stereocenters. The van der Waals surface area contributed by atoms with Crippen molar-refractivity contribution in [2.24, 2.45) is 29.1 Å². The number of hydrogen-bond acceptors (Lipinski definition) is 2. The molecule has 1 fully saturated rings. The lowest BCUT2D eigenvalue weighted by Gasteiger charge is -2.50. The van der Waals surface area contributed by atoms with E-state index in [1.165, 1.54) is 36.0 Å². The second kappa shape index (κ2) is 13.1. The lowest BCUT2D eigenvalue weighted by molar-refractivity contribution is -0.0821. The van der Waals surface area contributed by atoms with Crippen molar-refractivity contribution in [1.29, 1.82) is 0 Å². The zero-order valence-electron chi connectivity index (χ0n) is 24.2. The van der Waals surface area contributed by atoms with Crippen LogP contribution in [0, 0.1) is 29.1 Å². The van der Waals surface area contributed by atoms with Crippen LogP contribution in [0.1, 0.15) is 69.6 Å². The Morgan fingerprint density at radius 1 is 0.684 bits per heavy atom. The molecule has 4 rings (SSSR count). The maximum Gasteiger partial charge on any atom is 0.0543 e. The summed E-state index contributed by atoms with van der Waals surface area (Å²) in [4.78, 5) is 0. The highest BCUT2D eigenvalue weighted by Crippen LogP contribution is 2.52. The largest absolute Gasteiger partial charge is 0.384 e. The van der Waals surface area contributed by atoms with Crippen molar-refractivity contribution in [2.75, 3.05) is 27.4 Å². The Balaban J connectivity index is 1.86. The summed E-state index contributed by atoms with van der Waals surface area (Å²) >= 11 is 0. The molecule has 0 N–H and O–H groups in total. The number of methoxy groups -OCH3 is 2. The zero-order valence-corrected chi connectivity index (χ0v) is 24.2. The fourth-order valence-electron chi connectivity index (χ4n) is 7.60. The lowest BCUT2D eigenvalue weighted by atomic mass is 9.56. The highest BCUT2D eigenvalue weighted by molar-refractivity contribution is 5.50. The average Bonchev–Trinajstić information content (AvgIpc) is 2.95. The first-order valence-electron chi connectivity index (χ1n) is 14.6. The van der Waals surface area contributed by atoms with Crippen LogP contribution in [0.4, 0.5) is 0 Å². The summed E-state index contributed by atoms with van der Waals surface area (Å²) in [7, 11) is 3.75. The van der Waals surface area contributed by atoms with Crippen LogP contribution in [0.2, 0.25) is 0 Å². The second-order valence-corrected chi connectivity index (χ2v) is 12.2. The van der Waals surface area contributed by atoms with Crippen LogP contribution in [0.15, 0.2) is 91.0 Å². The summed E-state index contributed by atoms with van der Waals surface area (Å²) in [5.74, 6) is 2.66. The van der Waals surface area contributed by atoms with Gasteiger partial charge in [0.1, 0.15) is 0 Å². The molecule has 0 saturated heterocycles. The fraction of sp³-hybridized carbons (Fsp3) is 0.500. The molecule has 3 atom stereocenters. The first-order chi connectivity index (χ1) is 18.5. The molecule has 0 aliphatic heterocycles. The quantitative estimate of drug-likeness (QED) is 0.226. The van der Waals surface area contributed by atoms with Crippen LogP contribution in [0.5, 0.6) is 0 Å². The molecule has 1 aliphatic carbocycles. The molecule has 2 nitrogen and oxygen atoms in total. The van der Waals surface area contributed by atoms with E-state index < -0.39 is 0 Å². The van der Waals surface area contributed by atoms with Crippen molar-refractivity contribution in [3.8, 4) is 0 Å². The summed E-state index contributed by atoms with van der Waals surface area (Å²) in [6, 6.07) is 33.4. The van der Waals surface area contributed by atoms with E-state index in [2.05, 4.69) is 112 Å². The minimum Gasteiger partial charge on any atom is -0.384 e. The molecule has 2 heteroatoms. The van der Waals surface area contributed by atoms with E-state index in [1.807, 2.05) is 14.2 Å². The monoisotopic (exact) mass is 512 g/mol. The molecule has 0 radical (unpaired) electrons. The molecule has 3 aromatic carbocycles. The van der Waals surface area contributed by atoms with Gasteiger partial charge in [-0.1, -0.05) is 118 Å². The van der Waals surface area contributed by atoms with Gasteiger partial charge in [0.05, 0.1) is 13.2 Å². The third kappa shape index (κ3) is 5.92. The lowest BCUT2D eigenvalue weighted by Crippen LogP contribution is -2.47. The third-order valence-corrected chi connectivity index (χ3v) is 9.47. The average molecular weight is 513 g/mol. The van der Waals surface area contributed by atoms with E-state index in [-0.39, 0.29) is 10.8 Å². The minimum atomic E-state index is -0.260. The first-order valence-corrected chi connectivity index (χ1v) is 14.6. The Hall–Kier alpha value is -2.42. The molecule has 0 amide bonds. The molecular formula is C36H48O2. The molecule has 38 heavy (non-hydrogen) atoms. The van der Waals surface area contributed by atoms with Crippen LogP contribution >= 0.6 is 0 Å². The van der Waals surface area contributed by atoms with Gasteiger partial charge in [-0.25, -0.2) is 0 Å². The predicted molar refractivity (Wildman–Crippen MR) is 159 cm³/mol. The molecule has 0 bridgehead atoms. The number of ether oxygens (including phenoxy) is 2. The zero-order chi connectivity index (χ0) is 27.0. The van der Waals surface area contributed by atoms with E-state index in [0.29, 0.717) is 17.8 Å². The van der Waals surface area contributed by atoms with Gasteiger partial charge in [-0.05, 0) is 66.0 Å². The van der Waals surface area contributed by atoms with Gasteiger partial charge in [-0.15, -0.1) is 0 Å². The molecule has 0 spiro atoms. The van der Waals surface area contributed by atoms with Gasteiger partial charge >= 0.3 is 0 Å². The Labute approximate surface area is 231 Å². The molecular weight excluding hydrogens is 464 g/mol. The van der Waals surface area contributed by atoms with Crippen LogP contribution in [-0.2, 0) is 14.9 Å². The van der Waals surface area contributed by atoms with Crippen molar-refractivity contribution in [3.63, 3.8) is 0 Å². The van der Waals surface area contributed by atoms with Gasteiger partial charge in [0.15, 0.2) is 0 Å². The topological polar surface area (TPSA) is 18.5 Å². The Kier molecular flexibility index (Phi) is 9.85. The summed E-state index contributed by atoms with van der Waals surface area (Å²) < 4.78 is 12.2. The highest BCUT2D eigenvalue weighted by Gasteiger charge is 2.48. The number of hydrogen-bond donors (Lipinski definition) is 0. The van der Waals surface area contributed by atoms with Gasteiger partial charge in [-0.3, -0.25) is 0 Å². The van der Waals surface area contributed by atoms with Gasteiger partial charge in [-0.2, -0.15) is 0 Å². The molecule has 0 heterocycles. The third-order valence-electron chi connectivity index (χ3n) is 9.47. The molecule has 1 saturated carbocycles. The van der Waals surface area contributed by atoms with Crippen molar-refractivity contribution in [3.05, 3.63) is 108 Å². The Morgan fingerprint density at radius 2 is 1.13 bits per heavy atom. The van der Waals surface area contributed by atoms with Crippen LogP contribution in [-0.4, -0.2) is 27.4 Å². The predicted octanol–water partition coefficient (Wildman–Crippen LogP) is 8.79. The normalized spacial score (nSPS) is 20.5. The summed E-state index contributed by atoms with van der Waals surface area (Å²) in [6.45, 7) is 8.74. The molecule has 0 aromatic heterocycles. The van der Waals surface area contributed by atoms with E-state index in [4.69, 9.17) is 9.47 Å². The summed E-state index contributed by atoms with van der Waals surface area (Å²) in [5.41, 5.74) is 3.73. The van der Waals surface area contributed by atoms with Crippen molar-refractivity contribution in [1.82, 2.24) is 0 Å². The van der Waals surface area contributed by atoms with E-state index >= 15 is 0 Å². The fourth-order valence-corrected chi connectivity index (χ4v) is 7.60. The van der Waals surface area contributed by atoms with Gasteiger partial charge in [0.25, 0.3) is 0 Å². The van der Waals surface area contributed by atoms with Gasteiger partial charge < -0.3 is 9.47 Å². The van der Waals surface area contributed by atoms with Crippen molar-refractivity contribution >= 4 is 0 Å². The Bertz CT molecular complexity index is 973. The van der Waals surface area contributed by atoms with Crippen molar-refractivity contribution in [2.45, 2.75) is 58.3 Å². The van der Waals surface area contributed by atoms with Crippen LogP contribution < -0.4 is 0 Å². The first kappa shape index (κ1) is 28.6. The molecule has 204 valence electrons. The Morgan fingerprint density at radius 3 is 1.53 bits per heavy atom. The SMILES string of the molecule is COCC(CCC(c1ccccc1)(c1ccccc1)c1ccccc1)(COC)C1CC(C)CCC1C(C)C. The standard InChI is InChI=1S/C36H48O2/c1-28(2)33-22-21-29(3)25-34(33)35(26-37-4,27-38-5)23-24-36(30-15-9-6-10-16-30,31-17-11-7-12-18-31)32-19-13-8-14-20-32/h6-20,28-29,33-34H,21-27H2,1-5H3. The van der Waals surface area contributed by atoms with E-state index in [1.54, 1.807) is 0 Å². The van der Waals surface area contributed by atoms with E-state index in [9.17, 15) is 0 Å². The molecule has 3 aromatic rings. The van der Waals surface area contributed by atoms with Crippen LogP contribution in [0.25, 0.3) is 0 Å². The van der Waals surface area contributed by atoms with Crippen molar-refractivity contribution < 1.29 is 9.47 Å². The number of benzene rings is 3. The smallest absolute Gasteiger partial charge is 0.0543 e.